The van der Waals surface area contributed by atoms with Crippen molar-refractivity contribution in [3.63, 3.8) is 0 Å². The number of guanidine groups is 1. The first-order chi connectivity index (χ1) is 7.44. The van der Waals surface area contributed by atoms with E-state index in [4.69, 9.17) is 15.2 Å². The van der Waals surface area contributed by atoms with E-state index < -0.39 is 0 Å². The van der Waals surface area contributed by atoms with Crippen molar-refractivity contribution in [1.29, 1.82) is 0 Å². The lowest BCUT2D eigenvalue weighted by molar-refractivity contribution is 0.00462. The number of nitrogens with zero attached hydrogens (tertiary/aromatic N) is 2. The van der Waals surface area contributed by atoms with Crippen molar-refractivity contribution < 1.29 is 9.47 Å². The van der Waals surface area contributed by atoms with Crippen molar-refractivity contribution in [3.8, 4) is 0 Å². The minimum atomic E-state index is -0.261. The number of aliphatic imine (C=N–C) groups is 1. The van der Waals surface area contributed by atoms with Crippen LogP contribution >= 0.6 is 0 Å². The molecule has 5 heteroatoms. The average Bonchev–Trinajstić information content (AvgIpc) is 2.26. The van der Waals surface area contributed by atoms with Gasteiger partial charge in [0.05, 0.1) is 24.9 Å². The second-order valence-electron chi connectivity index (χ2n) is 4.77. The van der Waals surface area contributed by atoms with E-state index in [1.165, 1.54) is 0 Å². The van der Waals surface area contributed by atoms with Gasteiger partial charge in [-0.25, -0.2) is 0 Å². The number of ether oxygens (including phenoxy) is 2. The third-order valence-electron chi connectivity index (χ3n) is 2.74. The second kappa shape index (κ2) is 5.50. The van der Waals surface area contributed by atoms with Gasteiger partial charge >= 0.3 is 0 Å². The van der Waals surface area contributed by atoms with E-state index in [0.717, 1.165) is 13.1 Å². The van der Waals surface area contributed by atoms with Crippen LogP contribution in [0.15, 0.2) is 4.99 Å². The Balaban J connectivity index is 2.49. The predicted molar refractivity (Wildman–Crippen MR) is 64.6 cm³/mol. The van der Waals surface area contributed by atoms with E-state index >= 15 is 0 Å². The maximum Gasteiger partial charge on any atom is 0.191 e. The summed E-state index contributed by atoms with van der Waals surface area (Å²) in [6.07, 6.45) is 0.220. The molecule has 0 aliphatic carbocycles. The van der Waals surface area contributed by atoms with E-state index in [0.29, 0.717) is 19.1 Å². The standard InChI is InChI=1S/C11H23N3O2/c1-9-7-14(5-6-16-9)10(12)13-8-11(2,3)15-4/h9H,5-8H2,1-4H3,(H2,12,13). The zero-order valence-electron chi connectivity index (χ0n) is 10.7. The third kappa shape index (κ3) is 3.98. The van der Waals surface area contributed by atoms with E-state index in [2.05, 4.69) is 9.89 Å². The van der Waals surface area contributed by atoms with Gasteiger partial charge in [-0.1, -0.05) is 0 Å². The van der Waals surface area contributed by atoms with Gasteiger partial charge in [-0.05, 0) is 20.8 Å². The molecule has 0 aromatic rings. The molecule has 1 rings (SSSR count). The molecule has 16 heavy (non-hydrogen) atoms. The molecular weight excluding hydrogens is 206 g/mol. The smallest absolute Gasteiger partial charge is 0.191 e. The molecule has 2 N–H and O–H groups in total. The quantitative estimate of drug-likeness (QED) is 0.564. The molecule has 0 spiro atoms. The van der Waals surface area contributed by atoms with Crippen LogP contribution in [0.3, 0.4) is 0 Å². The van der Waals surface area contributed by atoms with Gasteiger partial charge in [0.1, 0.15) is 0 Å². The molecule has 1 heterocycles. The first-order valence-corrected chi connectivity index (χ1v) is 5.66. The lowest BCUT2D eigenvalue weighted by atomic mass is 10.1. The molecule has 1 unspecified atom stereocenters. The summed E-state index contributed by atoms with van der Waals surface area (Å²) in [5.41, 5.74) is 5.68. The Morgan fingerprint density at radius 2 is 2.31 bits per heavy atom. The van der Waals surface area contributed by atoms with Crippen LogP contribution in [-0.2, 0) is 9.47 Å². The highest BCUT2D eigenvalue weighted by Gasteiger charge is 2.20. The Morgan fingerprint density at radius 3 is 2.88 bits per heavy atom. The van der Waals surface area contributed by atoms with E-state index in [1.54, 1.807) is 7.11 Å². The van der Waals surface area contributed by atoms with Crippen LogP contribution in [0.4, 0.5) is 0 Å². The van der Waals surface area contributed by atoms with Crippen LogP contribution in [0.25, 0.3) is 0 Å². The van der Waals surface area contributed by atoms with Gasteiger partial charge in [0.15, 0.2) is 5.96 Å². The van der Waals surface area contributed by atoms with Crippen LogP contribution < -0.4 is 5.73 Å². The van der Waals surface area contributed by atoms with E-state index in [1.807, 2.05) is 20.8 Å². The average molecular weight is 229 g/mol. The first-order valence-electron chi connectivity index (χ1n) is 5.66. The van der Waals surface area contributed by atoms with Crippen LogP contribution in [0.2, 0.25) is 0 Å². The Hall–Kier alpha value is -0.810. The Kier molecular flexibility index (Phi) is 4.56. The molecule has 0 bridgehead atoms. The molecule has 0 amide bonds. The van der Waals surface area contributed by atoms with Gasteiger partial charge in [-0.2, -0.15) is 0 Å². The molecule has 0 saturated carbocycles. The van der Waals surface area contributed by atoms with Gasteiger partial charge in [0.25, 0.3) is 0 Å². The van der Waals surface area contributed by atoms with Crippen LogP contribution in [0.5, 0.6) is 0 Å². The maximum atomic E-state index is 5.94. The summed E-state index contributed by atoms with van der Waals surface area (Å²) in [6.45, 7) is 8.93. The molecule has 0 aromatic heterocycles. The minimum Gasteiger partial charge on any atom is -0.377 e. The second-order valence-corrected chi connectivity index (χ2v) is 4.77. The number of rotatable bonds is 3. The Morgan fingerprint density at radius 1 is 1.62 bits per heavy atom. The fourth-order valence-corrected chi connectivity index (χ4v) is 1.46. The highest BCUT2D eigenvalue weighted by Crippen LogP contribution is 2.08. The predicted octanol–water partition coefficient (Wildman–Crippen LogP) is 0.447. The largest absolute Gasteiger partial charge is 0.377 e. The highest BCUT2D eigenvalue weighted by molar-refractivity contribution is 5.78. The molecular formula is C11H23N3O2. The van der Waals surface area contributed by atoms with Crippen LogP contribution in [-0.4, -0.2) is 55.9 Å². The zero-order chi connectivity index (χ0) is 12.2. The van der Waals surface area contributed by atoms with Crippen molar-refractivity contribution in [1.82, 2.24) is 4.90 Å². The molecule has 5 nitrogen and oxygen atoms in total. The zero-order valence-corrected chi connectivity index (χ0v) is 10.7. The monoisotopic (exact) mass is 229 g/mol. The third-order valence-corrected chi connectivity index (χ3v) is 2.74. The van der Waals surface area contributed by atoms with Gasteiger partial charge in [-0.3, -0.25) is 4.99 Å². The summed E-state index contributed by atoms with van der Waals surface area (Å²) < 4.78 is 10.7. The van der Waals surface area contributed by atoms with Crippen molar-refractivity contribution in [2.45, 2.75) is 32.5 Å². The molecule has 0 radical (unpaired) electrons. The molecule has 1 saturated heterocycles. The number of hydrogen-bond acceptors (Lipinski definition) is 3. The van der Waals surface area contributed by atoms with Crippen molar-refractivity contribution >= 4 is 5.96 Å². The lowest BCUT2D eigenvalue weighted by Gasteiger charge is -2.32. The number of methoxy groups -OCH3 is 1. The van der Waals surface area contributed by atoms with E-state index in [9.17, 15) is 0 Å². The summed E-state index contributed by atoms with van der Waals surface area (Å²) in [6, 6.07) is 0. The first kappa shape index (κ1) is 13.3. The number of nitrogens with two attached hydrogens (primary N) is 1. The minimum absolute atomic E-state index is 0.220. The highest BCUT2D eigenvalue weighted by atomic mass is 16.5. The SMILES string of the molecule is COC(C)(C)CN=C(N)N1CCOC(C)C1. The summed E-state index contributed by atoms with van der Waals surface area (Å²) in [5.74, 6) is 0.584. The summed E-state index contributed by atoms with van der Waals surface area (Å²) >= 11 is 0. The van der Waals surface area contributed by atoms with Gasteiger partial charge in [-0.15, -0.1) is 0 Å². The Labute approximate surface area is 97.6 Å². The normalized spacial score (nSPS) is 23.6. The molecule has 0 aromatic carbocycles. The molecule has 1 fully saturated rings. The number of hydrogen-bond donors (Lipinski definition) is 1. The van der Waals surface area contributed by atoms with E-state index in [-0.39, 0.29) is 11.7 Å². The number of morpholine rings is 1. The fourth-order valence-electron chi connectivity index (χ4n) is 1.46. The Bertz CT molecular complexity index is 254. The molecule has 1 atom stereocenters. The summed E-state index contributed by atoms with van der Waals surface area (Å²) in [4.78, 5) is 6.42. The van der Waals surface area contributed by atoms with Crippen molar-refractivity contribution in [2.24, 2.45) is 10.7 Å². The topological polar surface area (TPSA) is 60.1 Å². The van der Waals surface area contributed by atoms with Gasteiger partial charge in [0, 0.05) is 20.2 Å². The lowest BCUT2D eigenvalue weighted by Crippen LogP contribution is -2.48. The van der Waals surface area contributed by atoms with Gasteiger partial charge in [0.2, 0.25) is 0 Å². The maximum absolute atomic E-state index is 5.94. The molecule has 1 aliphatic heterocycles. The van der Waals surface area contributed by atoms with Crippen LogP contribution in [0.1, 0.15) is 20.8 Å². The molecule has 1 aliphatic rings. The summed E-state index contributed by atoms with van der Waals surface area (Å²) in [7, 11) is 1.68. The van der Waals surface area contributed by atoms with Crippen LogP contribution in [0, 0.1) is 0 Å². The summed E-state index contributed by atoms with van der Waals surface area (Å²) in [5, 5.41) is 0. The fraction of sp³-hybridized carbons (Fsp3) is 0.909. The van der Waals surface area contributed by atoms with Crippen molar-refractivity contribution in [3.05, 3.63) is 0 Å². The molecule has 94 valence electrons. The van der Waals surface area contributed by atoms with Gasteiger partial charge < -0.3 is 20.1 Å². The van der Waals surface area contributed by atoms with Crippen molar-refractivity contribution in [2.75, 3.05) is 33.4 Å².